The second-order valence-corrected chi connectivity index (χ2v) is 4.42. The number of rotatable bonds is 4. The van der Waals surface area contributed by atoms with Crippen LogP contribution in [0.25, 0.3) is 0 Å². The molecule has 0 amide bonds. The van der Waals surface area contributed by atoms with E-state index in [2.05, 4.69) is 18.1 Å². The van der Waals surface area contributed by atoms with Gasteiger partial charge in [0, 0.05) is 18.3 Å². The van der Waals surface area contributed by atoms with Crippen molar-refractivity contribution in [3.63, 3.8) is 0 Å². The minimum atomic E-state index is -0.521. The van der Waals surface area contributed by atoms with E-state index < -0.39 is 5.54 Å². The summed E-state index contributed by atoms with van der Waals surface area (Å²) in [6.45, 7) is 7.54. The first-order valence-electron chi connectivity index (χ1n) is 5.77. The molecule has 2 heteroatoms. The highest BCUT2D eigenvalue weighted by Crippen LogP contribution is 2.41. The van der Waals surface area contributed by atoms with Gasteiger partial charge >= 0.3 is 0 Å². The highest BCUT2D eigenvalue weighted by molar-refractivity contribution is 6.14. The Morgan fingerprint density at radius 1 is 1.24 bits per heavy atom. The maximum atomic E-state index is 12.6. The van der Waals surface area contributed by atoms with Gasteiger partial charge in [0.25, 0.3) is 0 Å². The Hall–Kier alpha value is -1.83. The van der Waals surface area contributed by atoms with Crippen molar-refractivity contribution in [3.8, 4) is 0 Å². The monoisotopic (exact) mass is 227 g/mol. The molecule has 88 valence electrons. The van der Waals surface area contributed by atoms with E-state index in [-0.39, 0.29) is 5.78 Å². The van der Waals surface area contributed by atoms with E-state index in [9.17, 15) is 4.79 Å². The molecule has 0 atom stereocenters. The number of Topliss-reactive ketones (excluding diaryl/α,β-unsaturated/α-hetero) is 1. The topological polar surface area (TPSA) is 20.3 Å². The Morgan fingerprint density at radius 2 is 1.82 bits per heavy atom. The van der Waals surface area contributed by atoms with Gasteiger partial charge < -0.3 is 4.90 Å². The number of ketones is 1. The minimum absolute atomic E-state index is 0.176. The molecule has 1 aromatic rings. The van der Waals surface area contributed by atoms with Crippen molar-refractivity contribution in [2.45, 2.75) is 18.4 Å². The van der Waals surface area contributed by atoms with Crippen molar-refractivity contribution in [2.75, 3.05) is 11.9 Å². The van der Waals surface area contributed by atoms with Gasteiger partial charge in [-0.2, -0.15) is 0 Å². The normalized spacial score (nSPS) is 16.8. The van der Waals surface area contributed by atoms with Gasteiger partial charge in [0.15, 0.2) is 5.78 Å². The molecule has 0 spiro atoms. The summed E-state index contributed by atoms with van der Waals surface area (Å²) < 4.78 is 0. The lowest BCUT2D eigenvalue weighted by Crippen LogP contribution is -2.47. The molecule has 0 radical (unpaired) electrons. The van der Waals surface area contributed by atoms with Gasteiger partial charge in [0.1, 0.15) is 5.54 Å². The SMILES string of the molecule is C=CCC1(CC=C)C(=O)c2ccccc2N1C. The molecule has 0 saturated carbocycles. The summed E-state index contributed by atoms with van der Waals surface area (Å²) in [5, 5.41) is 0. The second-order valence-electron chi connectivity index (χ2n) is 4.42. The number of hydrogen-bond acceptors (Lipinski definition) is 2. The molecule has 1 heterocycles. The van der Waals surface area contributed by atoms with E-state index in [1.54, 1.807) is 0 Å². The lowest BCUT2D eigenvalue weighted by molar-refractivity contribution is 0.0905. The Kier molecular flexibility index (Phi) is 2.88. The first-order valence-corrected chi connectivity index (χ1v) is 5.77. The van der Waals surface area contributed by atoms with Crippen molar-refractivity contribution < 1.29 is 4.79 Å². The van der Waals surface area contributed by atoms with Crippen LogP contribution >= 0.6 is 0 Å². The largest absolute Gasteiger partial charge is 0.360 e. The van der Waals surface area contributed by atoms with Crippen LogP contribution in [0.15, 0.2) is 49.6 Å². The number of likely N-dealkylation sites (N-methyl/N-ethyl adjacent to an activating group) is 1. The summed E-state index contributed by atoms with van der Waals surface area (Å²) in [6.07, 6.45) is 4.90. The van der Waals surface area contributed by atoms with Crippen molar-refractivity contribution in [1.29, 1.82) is 0 Å². The molecular formula is C15H17NO. The molecule has 2 nitrogen and oxygen atoms in total. The summed E-state index contributed by atoms with van der Waals surface area (Å²) in [7, 11) is 1.97. The molecule has 0 aliphatic carbocycles. The van der Waals surface area contributed by atoms with Gasteiger partial charge in [-0.15, -0.1) is 13.2 Å². The Balaban J connectivity index is 2.55. The summed E-state index contributed by atoms with van der Waals surface area (Å²) in [5.41, 5.74) is 1.28. The van der Waals surface area contributed by atoms with Crippen LogP contribution in [-0.2, 0) is 0 Å². The molecule has 2 rings (SSSR count). The van der Waals surface area contributed by atoms with Crippen LogP contribution in [0, 0.1) is 0 Å². The number of carbonyl (C=O) groups is 1. The summed E-state index contributed by atoms with van der Waals surface area (Å²) >= 11 is 0. The number of carbonyl (C=O) groups excluding carboxylic acids is 1. The van der Waals surface area contributed by atoms with Crippen LogP contribution in [0.1, 0.15) is 23.2 Å². The highest BCUT2D eigenvalue weighted by atomic mass is 16.1. The smallest absolute Gasteiger partial charge is 0.191 e. The Labute approximate surface area is 102 Å². The third-order valence-electron chi connectivity index (χ3n) is 3.54. The lowest BCUT2D eigenvalue weighted by Gasteiger charge is -2.34. The maximum absolute atomic E-state index is 12.6. The fraction of sp³-hybridized carbons (Fsp3) is 0.267. The zero-order valence-electron chi connectivity index (χ0n) is 10.1. The highest BCUT2D eigenvalue weighted by Gasteiger charge is 2.47. The number of fused-ring (bicyclic) bond motifs is 1. The molecule has 1 aliphatic heterocycles. The van der Waals surface area contributed by atoms with Gasteiger partial charge in [-0.1, -0.05) is 24.3 Å². The number of nitrogens with zero attached hydrogens (tertiary/aromatic N) is 1. The molecular weight excluding hydrogens is 210 g/mol. The van der Waals surface area contributed by atoms with E-state index in [1.807, 2.05) is 43.5 Å². The zero-order chi connectivity index (χ0) is 12.5. The molecule has 1 aliphatic rings. The maximum Gasteiger partial charge on any atom is 0.191 e. The van der Waals surface area contributed by atoms with E-state index in [1.165, 1.54) is 0 Å². The zero-order valence-corrected chi connectivity index (χ0v) is 10.1. The molecule has 0 aromatic heterocycles. The van der Waals surface area contributed by atoms with Crippen LogP contribution in [0.2, 0.25) is 0 Å². The molecule has 1 aromatic carbocycles. The van der Waals surface area contributed by atoms with E-state index in [4.69, 9.17) is 0 Å². The molecule has 17 heavy (non-hydrogen) atoms. The summed E-state index contributed by atoms with van der Waals surface area (Å²) in [4.78, 5) is 14.6. The molecule has 0 unspecified atom stereocenters. The molecule has 0 saturated heterocycles. The van der Waals surface area contributed by atoms with Crippen molar-refractivity contribution in [2.24, 2.45) is 0 Å². The third kappa shape index (κ3) is 1.52. The molecule has 0 bridgehead atoms. The van der Waals surface area contributed by atoms with Crippen LogP contribution in [0.4, 0.5) is 5.69 Å². The predicted molar refractivity (Wildman–Crippen MR) is 71.5 cm³/mol. The number of anilines is 1. The number of hydrogen-bond donors (Lipinski definition) is 0. The fourth-order valence-electron chi connectivity index (χ4n) is 2.61. The summed E-state index contributed by atoms with van der Waals surface area (Å²) in [5.74, 6) is 0.176. The van der Waals surface area contributed by atoms with E-state index in [0.717, 1.165) is 11.3 Å². The van der Waals surface area contributed by atoms with Gasteiger partial charge in [-0.25, -0.2) is 0 Å². The lowest BCUT2D eigenvalue weighted by atomic mass is 9.86. The second kappa shape index (κ2) is 4.21. The van der Waals surface area contributed by atoms with Crippen LogP contribution in [0.5, 0.6) is 0 Å². The standard InChI is InChI=1S/C15H17NO/c1-4-10-15(11-5-2)14(17)12-8-6-7-9-13(12)16(15)3/h4-9H,1-2,10-11H2,3H3. The minimum Gasteiger partial charge on any atom is -0.360 e. The van der Waals surface area contributed by atoms with Crippen molar-refractivity contribution in [1.82, 2.24) is 0 Å². The number of para-hydroxylation sites is 1. The molecule has 0 fully saturated rings. The van der Waals surface area contributed by atoms with Crippen LogP contribution in [-0.4, -0.2) is 18.4 Å². The quantitative estimate of drug-likeness (QED) is 0.736. The van der Waals surface area contributed by atoms with Gasteiger partial charge in [-0.05, 0) is 25.0 Å². The van der Waals surface area contributed by atoms with Crippen molar-refractivity contribution in [3.05, 3.63) is 55.1 Å². The van der Waals surface area contributed by atoms with Gasteiger partial charge in [0.2, 0.25) is 0 Å². The fourth-order valence-corrected chi connectivity index (χ4v) is 2.61. The number of benzene rings is 1. The van der Waals surface area contributed by atoms with Crippen LogP contribution < -0.4 is 4.90 Å². The summed E-state index contributed by atoms with van der Waals surface area (Å²) in [6, 6.07) is 7.74. The van der Waals surface area contributed by atoms with Crippen molar-refractivity contribution >= 4 is 11.5 Å². The van der Waals surface area contributed by atoms with E-state index in [0.29, 0.717) is 12.8 Å². The first kappa shape index (κ1) is 11.6. The first-order chi connectivity index (χ1) is 8.17. The average molecular weight is 227 g/mol. The third-order valence-corrected chi connectivity index (χ3v) is 3.54. The molecule has 0 N–H and O–H groups in total. The predicted octanol–water partition coefficient (Wildman–Crippen LogP) is 3.21. The van der Waals surface area contributed by atoms with Gasteiger partial charge in [0.05, 0.1) is 0 Å². The average Bonchev–Trinajstić information content (AvgIpc) is 2.54. The van der Waals surface area contributed by atoms with Crippen LogP contribution in [0.3, 0.4) is 0 Å². The Bertz CT molecular complexity index is 466. The Morgan fingerprint density at radius 3 is 2.35 bits per heavy atom. The van der Waals surface area contributed by atoms with E-state index >= 15 is 0 Å². The van der Waals surface area contributed by atoms with Gasteiger partial charge in [-0.3, -0.25) is 4.79 Å².